The first-order chi connectivity index (χ1) is 12.2. The van der Waals surface area contributed by atoms with E-state index in [1.54, 1.807) is 6.92 Å². The van der Waals surface area contributed by atoms with Gasteiger partial charge in [-0.1, -0.05) is 24.3 Å². The SMILES string of the molecule is Cc1nnc(-c2cccc(NC(=O)CCCOc3ccccc3)c2)o1. The number of anilines is 1. The number of aryl methyl sites for hydroxylation is 1. The lowest BCUT2D eigenvalue weighted by atomic mass is 10.2. The van der Waals surface area contributed by atoms with Gasteiger partial charge in [-0.3, -0.25) is 4.79 Å². The summed E-state index contributed by atoms with van der Waals surface area (Å²) < 4.78 is 11.0. The summed E-state index contributed by atoms with van der Waals surface area (Å²) in [5.74, 6) is 1.69. The van der Waals surface area contributed by atoms with E-state index in [0.29, 0.717) is 36.9 Å². The zero-order valence-corrected chi connectivity index (χ0v) is 13.9. The highest BCUT2D eigenvalue weighted by Crippen LogP contribution is 2.21. The minimum Gasteiger partial charge on any atom is -0.494 e. The van der Waals surface area contributed by atoms with E-state index in [4.69, 9.17) is 9.15 Å². The molecule has 0 saturated heterocycles. The van der Waals surface area contributed by atoms with Crippen molar-refractivity contribution in [3.63, 3.8) is 0 Å². The van der Waals surface area contributed by atoms with E-state index < -0.39 is 0 Å². The van der Waals surface area contributed by atoms with Crippen molar-refractivity contribution < 1.29 is 13.9 Å². The Labute approximate surface area is 145 Å². The number of ether oxygens (including phenoxy) is 1. The van der Waals surface area contributed by atoms with Gasteiger partial charge in [0, 0.05) is 24.6 Å². The number of aromatic nitrogens is 2. The van der Waals surface area contributed by atoms with E-state index in [0.717, 1.165) is 11.3 Å². The zero-order chi connectivity index (χ0) is 17.5. The second-order valence-electron chi connectivity index (χ2n) is 5.52. The number of para-hydroxylation sites is 1. The molecule has 0 bridgehead atoms. The normalized spacial score (nSPS) is 10.4. The Kier molecular flexibility index (Phi) is 5.41. The van der Waals surface area contributed by atoms with E-state index in [-0.39, 0.29) is 5.91 Å². The molecule has 3 aromatic rings. The molecule has 25 heavy (non-hydrogen) atoms. The van der Waals surface area contributed by atoms with Crippen LogP contribution in [0.25, 0.3) is 11.5 Å². The fraction of sp³-hybridized carbons (Fsp3) is 0.211. The van der Waals surface area contributed by atoms with Crippen LogP contribution in [0.4, 0.5) is 5.69 Å². The Morgan fingerprint density at radius 2 is 1.96 bits per heavy atom. The van der Waals surface area contributed by atoms with Gasteiger partial charge in [0.2, 0.25) is 17.7 Å². The van der Waals surface area contributed by atoms with Crippen LogP contribution in [-0.2, 0) is 4.79 Å². The summed E-state index contributed by atoms with van der Waals surface area (Å²) in [4.78, 5) is 12.1. The van der Waals surface area contributed by atoms with Gasteiger partial charge in [0.25, 0.3) is 0 Å². The molecule has 0 spiro atoms. The van der Waals surface area contributed by atoms with Crippen LogP contribution in [0.5, 0.6) is 5.75 Å². The highest BCUT2D eigenvalue weighted by molar-refractivity contribution is 5.91. The molecule has 1 N–H and O–H groups in total. The molecule has 128 valence electrons. The lowest BCUT2D eigenvalue weighted by Crippen LogP contribution is -2.12. The first kappa shape index (κ1) is 16.7. The predicted octanol–water partition coefficient (Wildman–Crippen LogP) is 3.84. The number of rotatable bonds is 7. The zero-order valence-electron chi connectivity index (χ0n) is 13.9. The van der Waals surface area contributed by atoms with E-state index in [1.807, 2.05) is 54.6 Å². The number of benzene rings is 2. The van der Waals surface area contributed by atoms with Crippen LogP contribution in [0.2, 0.25) is 0 Å². The van der Waals surface area contributed by atoms with Crippen LogP contribution in [0, 0.1) is 6.92 Å². The van der Waals surface area contributed by atoms with Crippen molar-refractivity contribution in [3.8, 4) is 17.2 Å². The number of nitrogens with one attached hydrogen (secondary N) is 1. The molecule has 0 saturated carbocycles. The van der Waals surface area contributed by atoms with Crippen molar-refractivity contribution >= 4 is 11.6 Å². The van der Waals surface area contributed by atoms with Gasteiger partial charge in [0.15, 0.2) is 0 Å². The maximum Gasteiger partial charge on any atom is 0.247 e. The Balaban J connectivity index is 1.48. The lowest BCUT2D eigenvalue weighted by Gasteiger charge is -2.07. The van der Waals surface area contributed by atoms with Gasteiger partial charge in [-0.05, 0) is 36.8 Å². The highest BCUT2D eigenvalue weighted by Gasteiger charge is 2.08. The third kappa shape index (κ3) is 4.91. The van der Waals surface area contributed by atoms with Crippen molar-refractivity contribution in [1.29, 1.82) is 0 Å². The number of hydrogen-bond donors (Lipinski definition) is 1. The third-order valence-electron chi connectivity index (χ3n) is 3.48. The number of carbonyl (C=O) groups excluding carboxylic acids is 1. The van der Waals surface area contributed by atoms with Gasteiger partial charge in [0.1, 0.15) is 5.75 Å². The maximum atomic E-state index is 12.1. The molecule has 0 unspecified atom stereocenters. The average Bonchev–Trinajstić information content (AvgIpc) is 3.06. The van der Waals surface area contributed by atoms with Crippen LogP contribution >= 0.6 is 0 Å². The van der Waals surface area contributed by atoms with E-state index in [9.17, 15) is 4.79 Å². The molecule has 2 aromatic carbocycles. The van der Waals surface area contributed by atoms with Crippen LogP contribution in [0.15, 0.2) is 59.0 Å². The predicted molar refractivity (Wildman–Crippen MR) is 94.3 cm³/mol. The summed E-state index contributed by atoms with van der Waals surface area (Å²) in [5, 5.41) is 10.7. The molecule has 0 aliphatic rings. The van der Waals surface area contributed by atoms with Gasteiger partial charge in [-0.25, -0.2) is 0 Å². The van der Waals surface area contributed by atoms with Gasteiger partial charge >= 0.3 is 0 Å². The fourth-order valence-corrected chi connectivity index (χ4v) is 2.31. The fourth-order valence-electron chi connectivity index (χ4n) is 2.31. The van der Waals surface area contributed by atoms with E-state index in [1.165, 1.54) is 0 Å². The minimum atomic E-state index is -0.0597. The second-order valence-corrected chi connectivity index (χ2v) is 5.52. The molecular weight excluding hydrogens is 318 g/mol. The molecule has 0 aliphatic heterocycles. The molecule has 0 radical (unpaired) electrons. The Bertz CT molecular complexity index is 831. The Morgan fingerprint density at radius 1 is 1.12 bits per heavy atom. The van der Waals surface area contributed by atoms with E-state index >= 15 is 0 Å². The molecule has 6 heteroatoms. The third-order valence-corrected chi connectivity index (χ3v) is 3.48. The second kappa shape index (κ2) is 8.10. The number of hydrogen-bond acceptors (Lipinski definition) is 5. The summed E-state index contributed by atoms with van der Waals surface area (Å²) in [6, 6.07) is 16.9. The van der Waals surface area contributed by atoms with Crippen LogP contribution in [0.1, 0.15) is 18.7 Å². The number of nitrogens with zero attached hydrogens (tertiary/aromatic N) is 2. The minimum absolute atomic E-state index is 0.0597. The van der Waals surface area contributed by atoms with Gasteiger partial charge in [0.05, 0.1) is 6.61 Å². The molecule has 1 heterocycles. The lowest BCUT2D eigenvalue weighted by molar-refractivity contribution is -0.116. The van der Waals surface area contributed by atoms with Crippen molar-refractivity contribution in [2.75, 3.05) is 11.9 Å². The van der Waals surface area contributed by atoms with Crippen molar-refractivity contribution in [1.82, 2.24) is 10.2 Å². The van der Waals surface area contributed by atoms with Crippen molar-refractivity contribution in [2.45, 2.75) is 19.8 Å². The average molecular weight is 337 g/mol. The summed E-state index contributed by atoms with van der Waals surface area (Å²) in [6.07, 6.45) is 1.03. The van der Waals surface area contributed by atoms with Gasteiger partial charge < -0.3 is 14.5 Å². The van der Waals surface area contributed by atoms with Crippen LogP contribution in [0.3, 0.4) is 0 Å². The molecule has 0 atom stereocenters. The molecule has 3 rings (SSSR count). The highest BCUT2D eigenvalue weighted by atomic mass is 16.5. The first-order valence-electron chi connectivity index (χ1n) is 8.09. The van der Waals surface area contributed by atoms with Crippen LogP contribution < -0.4 is 10.1 Å². The van der Waals surface area contributed by atoms with Crippen molar-refractivity contribution in [2.24, 2.45) is 0 Å². The van der Waals surface area contributed by atoms with E-state index in [2.05, 4.69) is 15.5 Å². The quantitative estimate of drug-likeness (QED) is 0.663. The maximum absolute atomic E-state index is 12.1. The summed E-state index contributed by atoms with van der Waals surface area (Å²) >= 11 is 0. The smallest absolute Gasteiger partial charge is 0.247 e. The summed E-state index contributed by atoms with van der Waals surface area (Å²) in [5.41, 5.74) is 1.47. The van der Waals surface area contributed by atoms with Crippen LogP contribution in [-0.4, -0.2) is 22.7 Å². The number of amides is 1. The van der Waals surface area contributed by atoms with Gasteiger partial charge in [-0.15, -0.1) is 10.2 Å². The number of carbonyl (C=O) groups is 1. The standard InChI is InChI=1S/C19H19N3O3/c1-14-21-22-19(25-14)15-7-5-8-16(13-15)20-18(23)11-6-12-24-17-9-3-2-4-10-17/h2-5,7-10,13H,6,11-12H2,1H3,(H,20,23). The molecule has 1 amide bonds. The first-order valence-corrected chi connectivity index (χ1v) is 8.09. The molecule has 0 aliphatic carbocycles. The Morgan fingerprint density at radius 3 is 2.72 bits per heavy atom. The summed E-state index contributed by atoms with van der Waals surface area (Å²) in [6.45, 7) is 2.23. The largest absolute Gasteiger partial charge is 0.494 e. The molecular formula is C19H19N3O3. The molecule has 0 fully saturated rings. The van der Waals surface area contributed by atoms with Gasteiger partial charge in [-0.2, -0.15) is 0 Å². The molecule has 1 aromatic heterocycles. The topological polar surface area (TPSA) is 77.2 Å². The Hall–Kier alpha value is -3.15. The van der Waals surface area contributed by atoms with Crippen molar-refractivity contribution in [3.05, 3.63) is 60.5 Å². The molecule has 6 nitrogen and oxygen atoms in total. The summed E-state index contributed by atoms with van der Waals surface area (Å²) in [7, 11) is 0. The monoisotopic (exact) mass is 337 g/mol.